The highest BCUT2D eigenvalue weighted by atomic mass is 16.7. The molecule has 0 aromatic carbocycles. The van der Waals surface area contributed by atoms with Crippen molar-refractivity contribution in [2.24, 2.45) is 0 Å². The Bertz CT molecular complexity index is 1000. The predicted octanol–water partition coefficient (Wildman–Crippen LogP) is 10.1. The number of allylic oxidation sites excluding steroid dienone is 6. The number of carboxylic acid groups (broad SMARTS) is 1. The summed E-state index contributed by atoms with van der Waals surface area (Å²) in [4.78, 5) is 36.9. The normalized spacial score (nSPS) is 13.3. The maximum absolute atomic E-state index is 12.7. The minimum Gasteiger partial charge on any atom is -0.545 e. The molecule has 0 radical (unpaired) electrons. The Kier molecular flexibility index (Phi) is 36.6. The Morgan fingerprint density at radius 1 is 0.545 bits per heavy atom. The van der Waals surface area contributed by atoms with E-state index in [1.54, 1.807) is 0 Å². The molecule has 0 N–H and O–H groups in total. The lowest BCUT2D eigenvalue weighted by atomic mass is 10.1. The van der Waals surface area contributed by atoms with Gasteiger partial charge < -0.3 is 33.3 Å². The van der Waals surface area contributed by atoms with E-state index < -0.39 is 24.3 Å². The number of unbranched alkanes of at least 4 members (excludes halogenated alkanes) is 19. The molecule has 0 heterocycles. The number of rotatable bonds is 40. The van der Waals surface area contributed by atoms with Crippen molar-refractivity contribution in [2.45, 2.75) is 193 Å². The Labute approximate surface area is 337 Å². The summed E-state index contributed by atoms with van der Waals surface area (Å²) in [7, 11) is 5.90. The van der Waals surface area contributed by atoms with Crippen molar-refractivity contribution in [1.29, 1.82) is 0 Å². The number of likely N-dealkylation sites (N-methyl/N-ethyl adjacent to an activating group) is 1. The average Bonchev–Trinajstić information content (AvgIpc) is 3.14. The van der Waals surface area contributed by atoms with Crippen LogP contribution in [0.3, 0.4) is 0 Å². The molecule has 0 rings (SSSR count). The van der Waals surface area contributed by atoms with Gasteiger partial charge in [-0.1, -0.05) is 134 Å². The van der Waals surface area contributed by atoms with Crippen LogP contribution in [0.2, 0.25) is 0 Å². The lowest BCUT2D eigenvalue weighted by Gasteiger charge is -2.26. The first-order chi connectivity index (χ1) is 26.6. The molecule has 0 aliphatic rings. The molecule has 0 saturated carbocycles. The summed E-state index contributed by atoms with van der Waals surface area (Å²) in [5.74, 6) is -2.31. The van der Waals surface area contributed by atoms with Crippen LogP contribution in [0.4, 0.5) is 0 Å². The van der Waals surface area contributed by atoms with Crippen LogP contribution in [0.25, 0.3) is 0 Å². The highest BCUT2D eigenvalue weighted by molar-refractivity contribution is 5.70. The number of nitrogens with zero attached hydrogens (tertiary/aromatic N) is 1. The van der Waals surface area contributed by atoms with Gasteiger partial charge in [-0.2, -0.15) is 0 Å². The molecule has 0 aliphatic heterocycles. The molecule has 0 bridgehead atoms. The van der Waals surface area contributed by atoms with Crippen molar-refractivity contribution in [3.63, 3.8) is 0 Å². The summed E-state index contributed by atoms with van der Waals surface area (Å²) in [6, 6.07) is 0. The summed E-state index contributed by atoms with van der Waals surface area (Å²) in [6.45, 7) is 4.67. The second-order valence-electron chi connectivity index (χ2n) is 16.0. The van der Waals surface area contributed by atoms with Crippen molar-refractivity contribution < 1.29 is 42.9 Å². The number of esters is 2. The molecule has 55 heavy (non-hydrogen) atoms. The van der Waals surface area contributed by atoms with Gasteiger partial charge in [0.1, 0.15) is 13.2 Å². The first-order valence-corrected chi connectivity index (χ1v) is 22.1. The lowest BCUT2D eigenvalue weighted by Crippen LogP contribution is -2.44. The van der Waals surface area contributed by atoms with Crippen LogP contribution in [0.5, 0.6) is 0 Å². The summed E-state index contributed by atoms with van der Waals surface area (Å²) >= 11 is 0. The molecule has 9 nitrogen and oxygen atoms in total. The highest BCUT2D eigenvalue weighted by Crippen LogP contribution is 2.13. The van der Waals surface area contributed by atoms with Crippen LogP contribution < -0.4 is 5.11 Å². The second kappa shape index (κ2) is 38.4. The standard InChI is InChI=1S/C46H83NO8/c1-6-8-10-12-14-16-18-20-21-22-23-25-27-29-31-33-35-37-44(49)55-42(41-54-46(45(50)51)52-39-38-47(3,4)5)40-53-43(48)36-34-32-30-28-26-24-19-17-15-13-11-9-7-2/h14,16-17,19-21,42,46H,6-13,15,18,22-41H2,1-5H3/b16-14-,19-17-,21-20-. The minimum absolute atomic E-state index is 0.144. The molecule has 0 fully saturated rings. The zero-order valence-electron chi connectivity index (χ0n) is 36.0. The van der Waals surface area contributed by atoms with E-state index in [1.807, 2.05) is 21.1 Å². The molecule has 0 spiro atoms. The maximum atomic E-state index is 12.7. The van der Waals surface area contributed by atoms with E-state index in [9.17, 15) is 19.5 Å². The maximum Gasteiger partial charge on any atom is 0.306 e. The summed E-state index contributed by atoms with van der Waals surface area (Å²) in [5, 5.41) is 11.7. The topological polar surface area (TPSA) is 111 Å². The third-order valence-electron chi connectivity index (χ3n) is 9.36. The van der Waals surface area contributed by atoms with Gasteiger partial charge in [0.15, 0.2) is 12.4 Å². The second-order valence-corrected chi connectivity index (χ2v) is 16.0. The number of ether oxygens (including phenoxy) is 4. The van der Waals surface area contributed by atoms with Gasteiger partial charge in [0.25, 0.3) is 0 Å². The molecule has 320 valence electrons. The van der Waals surface area contributed by atoms with Gasteiger partial charge in [0.05, 0.1) is 40.3 Å². The number of hydrogen-bond donors (Lipinski definition) is 0. The first kappa shape index (κ1) is 52.5. The smallest absolute Gasteiger partial charge is 0.306 e. The van der Waals surface area contributed by atoms with Crippen LogP contribution in [-0.4, -0.2) is 82.3 Å². The molecule has 0 amide bonds. The number of carbonyl (C=O) groups is 3. The molecule has 9 heteroatoms. The number of hydrogen-bond acceptors (Lipinski definition) is 8. The van der Waals surface area contributed by atoms with Crippen LogP contribution in [0, 0.1) is 0 Å². The molecule has 0 saturated heterocycles. The Morgan fingerprint density at radius 3 is 1.49 bits per heavy atom. The number of carbonyl (C=O) groups excluding carboxylic acids is 3. The van der Waals surface area contributed by atoms with Crippen LogP contribution in [0.15, 0.2) is 36.5 Å². The van der Waals surface area contributed by atoms with Crippen molar-refractivity contribution in [3.05, 3.63) is 36.5 Å². The zero-order valence-corrected chi connectivity index (χ0v) is 36.0. The fourth-order valence-corrected chi connectivity index (χ4v) is 5.85. The molecule has 2 unspecified atom stereocenters. The first-order valence-electron chi connectivity index (χ1n) is 22.1. The fraction of sp³-hybridized carbons (Fsp3) is 0.804. The Balaban J connectivity index is 4.47. The van der Waals surface area contributed by atoms with Crippen molar-refractivity contribution in [3.8, 4) is 0 Å². The summed E-state index contributed by atoms with van der Waals surface area (Å²) in [5.41, 5.74) is 0. The Hall–Kier alpha value is -2.49. The quantitative estimate of drug-likeness (QED) is 0.0199. The minimum atomic E-state index is -1.62. The highest BCUT2D eigenvalue weighted by Gasteiger charge is 2.21. The van der Waals surface area contributed by atoms with Crippen LogP contribution in [0.1, 0.15) is 181 Å². The van der Waals surface area contributed by atoms with Gasteiger partial charge in [-0.25, -0.2) is 0 Å². The summed E-state index contributed by atoms with van der Waals surface area (Å²) in [6.07, 6.45) is 38.8. The van der Waals surface area contributed by atoms with Gasteiger partial charge in [0, 0.05) is 12.8 Å². The zero-order chi connectivity index (χ0) is 40.7. The van der Waals surface area contributed by atoms with E-state index in [1.165, 1.54) is 77.0 Å². The van der Waals surface area contributed by atoms with Crippen molar-refractivity contribution >= 4 is 17.9 Å². The van der Waals surface area contributed by atoms with Gasteiger partial charge in [-0.05, 0) is 70.6 Å². The Morgan fingerprint density at radius 2 is 0.982 bits per heavy atom. The monoisotopic (exact) mass is 778 g/mol. The third kappa shape index (κ3) is 39.5. The number of carboxylic acids is 1. The molecule has 0 aromatic rings. The van der Waals surface area contributed by atoms with Gasteiger partial charge in [-0.3, -0.25) is 9.59 Å². The molecule has 0 aliphatic carbocycles. The number of quaternary nitrogens is 1. The van der Waals surface area contributed by atoms with Gasteiger partial charge in [0.2, 0.25) is 0 Å². The van der Waals surface area contributed by atoms with E-state index in [2.05, 4.69) is 50.3 Å². The van der Waals surface area contributed by atoms with Crippen LogP contribution in [-0.2, 0) is 33.3 Å². The predicted molar refractivity (Wildman–Crippen MR) is 223 cm³/mol. The molecule has 0 aromatic heterocycles. The van der Waals surface area contributed by atoms with E-state index in [0.29, 0.717) is 17.4 Å². The SMILES string of the molecule is CCCCC/C=C\C/C=C\CCCCCCCCCC(=O)OC(COC(=O)CCCCCCC/C=C\CCCCCC)COC(OCC[N+](C)(C)C)C(=O)[O-]. The van der Waals surface area contributed by atoms with Crippen molar-refractivity contribution in [2.75, 3.05) is 47.5 Å². The van der Waals surface area contributed by atoms with E-state index >= 15 is 0 Å². The summed E-state index contributed by atoms with van der Waals surface area (Å²) < 4.78 is 22.5. The molecular formula is C46H83NO8. The van der Waals surface area contributed by atoms with Gasteiger partial charge >= 0.3 is 11.9 Å². The lowest BCUT2D eigenvalue weighted by molar-refractivity contribution is -0.870. The largest absolute Gasteiger partial charge is 0.545 e. The average molecular weight is 778 g/mol. The van der Waals surface area contributed by atoms with E-state index in [0.717, 1.165) is 70.6 Å². The van der Waals surface area contributed by atoms with E-state index in [-0.39, 0.29) is 38.6 Å². The van der Waals surface area contributed by atoms with Crippen molar-refractivity contribution in [1.82, 2.24) is 0 Å². The molecule has 2 atom stereocenters. The number of aliphatic carboxylic acids is 1. The molecular weight excluding hydrogens is 695 g/mol. The third-order valence-corrected chi connectivity index (χ3v) is 9.36. The fourth-order valence-electron chi connectivity index (χ4n) is 5.85. The van der Waals surface area contributed by atoms with Gasteiger partial charge in [-0.15, -0.1) is 0 Å². The van der Waals surface area contributed by atoms with E-state index in [4.69, 9.17) is 18.9 Å². The van der Waals surface area contributed by atoms with Crippen LogP contribution >= 0.6 is 0 Å².